The van der Waals surface area contributed by atoms with Crippen LogP contribution in [0.2, 0.25) is 0 Å². The Labute approximate surface area is 108 Å². The standard InChI is InChI=1S/C12H23N3O3/c1-2-10(11(16)17)14-12(18)13-6-9-15-7-4-3-5-8-15/h10H,2-9H2,1H3,(H,16,17)(H2,13,14,18)/t10-/m1/s1. The third kappa shape index (κ3) is 5.35. The molecule has 0 saturated carbocycles. The van der Waals surface area contributed by atoms with E-state index in [4.69, 9.17) is 5.11 Å². The Balaban J connectivity index is 2.14. The summed E-state index contributed by atoms with van der Waals surface area (Å²) in [5, 5.41) is 13.9. The highest BCUT2D eigenvalue weighted by Gasteiger charge is 2.17. The van der Waals surface area contributed by atoms with E-state index in [1.165, 1.54) is 19.3 Å². The zero-order chi connectivity index (χ0) is 13.4. The predicted molar refractivity (Wildman–Crippen MR) is 68.5 cm³/mol. The fourth-order valence-electron chi connectivity index (χ4n) is 2.06. The van der Waals surface area contributed by atoms with Gasteiger partial charge in [0.25, 0.3) is 0 Å². The van der Waals surface area contributed by atoms with Crippen molar-refractivity contribution < 1.29 is 14.7 Å². The molecular weight excluding hydrogens is 234 g/mol. The van der Waals surface area contributed by atoms with Crippen molar-refractivity contribution >= 4 is 12.0 Å². The molecule has 0 radical (unpaired) electrons. The van der Waals surface area contributed by atoms with Crippen LogP contribution in [0.3, 0.4) is 0 Å². The van der Waals surface area contributed by atoms with Crippen molar-refractivity contribution in [1.29, 1.82) is 0 Å². The summed E-state index contributed by atoms with van der Waals surface area (Å²) in [4.78, 5) is 24.5. The minimum atomic E-state index is -0.997. The van der Waals surface area contributed by atoms with Crippen LogP contribution in [-0.2, 0) is 4.79 Å². The summed E-state index contributed by atoms with van der Waals surface area (Å²) in [7, 11) is 0. The number of likely N-dealkylation sites (tertiary alicyclic amines) is 1. The first-order chi connectivity index (χ1) is 8.63. The summed E-state index contributed by atoms with van der Waals surface area (Å²) in [5.74, 6) is -0.997. The molecule has 104 valence electrons. The number of amides is 2. The van der Waals surface area contributed by atoms with Gasteiger partial charge in [0.15, 0.2) is 0 Å². The van der Waals surface area contributed by atoms with Gasteiger partial charge in [-0.25, -0.2) is 9.59 Å². The Morgan fingerprint density at radius 1 is 1.28 bits per heavy atom. The molecule has 0 aromatic rings. The molecule has 1 heterocycles. The van der Waals surface area contributed by atoms with Crippen LogP contribution in [0.15, 0.2) is 0 Å². The number of carboxylic acid groups (broad SMARTS) is 1. The fourth-order valence-corrected chi connectivity index (χ4v) is 2.06. The molecule has 2 amide bonds. The van der Waals surface area contributed by atoms with E-state index in [1.807, 2.05) is 0 Å². The first-order valence-electron chi connectivity index (χ1n) is 6.63. The summed E-state index contributed by atoms with van der Waals surface area (Å²) >= 11 is 0. The van der Waals surface area contributed by atoms with Crippen LogP contribution in [0.25, 0.3) is 0 Å². The van der Waals surface area contributed by atoms with E-state index in [9.17, 15) is 9.59 Å². The quantitative estimate of drug-likeness (QED) is 0.652. The van der Waals surface area contributed by atoms with Gasteiger partial charge in [-0.3, -0.25) is 0 Å². The van der Waals surface area contributed by atoms with Crippen LogP contribution in [0.5, 0.6) is 0 Å². The van der Waals surface area contributed by atoms with Crippen molar-refractivity contribution in [2.24, 2.45) is 0 Å². The molecule has 1 aliphatic heterocycles. The number of hydrogen-bond acceptors (Lipinski definition) is 3. The lowest BCUT2D eigenvalue weighted by Crippen LogP contribution is -2.47. The molecule has 0 spiro atoms. The lowest BCUT2D eigenvalue weighted by atomic mass is 10.1. The zero-order valence-corrected chi connectivity index (χ0v) is 10.9. The summed E-state index contributed by atoms with van der Waals surface area (Å²) in [5.41, 5.74) is 0. The van der Waals surface area contributed by atoms with Gasteiger partial charge in [0.2, 0.25) is 0 Å². The summed E-state index contributed by atoms with van der Waals surface area (Å²) in [6.45, 7) is 5.30. The van der Waals surface area contributed by atoms with Crippen molar-refractivity contribution in [3.8, 4) is 0 Å². The highest BCUT2D eigenvalue weighted by molar-refractivity contribution is 5.82. The molecule has 3 N–H and O–H groups in total. The van der Waals surface area contributed by atoms with Gasteiger partial charge >= 0.3 is 12.0 Å². The third-order valence-corrected chi connectivity index (χ3v) is 3.17. The van der Waals surface area contributed by atoms with Crippen LogP contribution in [0.4, 0.5) is 4.79 Å². The summed E-state index contributed by atoms with van der Waals surface area (Å²) in [6, 6.07) is -1.21. The molecule has 0 aromatic heterocycles. The molecule has 1 aliphatic rings. The van der Waals surface area contributed by atoms with Gasteiger partial charge in [-0.05, 0) is 32.4 Å². The van der Waals surface area contributed by atoms with E-state index in [2.05, 4.69) is 15.5 Å². The van der Waals surface area contributed by atoms with Gasteiger partial charge in [0, 0.05) is 13.1 Å². The number of urea groups is 1. The topological polar surface area (TPSA) is 81.7 Å². The van der Waals surface area contributed by atoms with Gasteiger partial charge < -0.3 is 20.6 Å². The average Bonchev–Trinajstić information content (AvgIpc) is 2.37. The second-order valence-corrected chi connectivity index (χ2v) is 4.60. The highest BCUT2D eigenvalue weighted by Crippen LogP contribution is 2.07. The number of aliphatic carboxylic acids is 1. The second-order valence-electron chi connectivity index (χ2n) is 4.60. The number of carbonyl (C=O) groups excluding carboxylic acids is 1. The first-order valence-corrected chi connectivity index (χ1v) is 6.63. The maximum Gasteiger partial charge on any atom is 0.326 e. The number of carboxylic acids is 1. The molecule has 6 heteroatoms. The van der Waals surface area contributed by atoms with E-state index in [0.717, 1.165) is 19.6 Å². The molecule has 0 unspecified atom stereocenters. The van der Waals surface area contributed by atoms with Crippen molar-refractivity contribution in [3.63, 3.8) is 0 Å². The Kier molecular flexibility index (Phi) is 6.49. The van der Waals surface area contributed by atoms with Crippen LogP contribution in [0, 0.1) is 0 Å². The number of nitrogens with zero attached hydrogens (tertiary/aromatic N) is 1. The maximum atomic E-state index is 11.5. The van der Waals surface area contributed by atoms with Crippen LogP contribution in [0.1, 0.15) is 32.6 Å². The molecule has 0 aliphatic carbocycles. The molecule has 1 atom stereocenters. The lowest BCUT2D eigenvalue weighted by molar-refractivity contribution is -0.139. The minimum absolute atomic E-state index is 0.384. The molecule has 0 aromatic carbocycles. The summed E-state index contributed by atoms with van der Waals surface area (Å²) in [6.07, 6.45) is 4.13. The third-order valence-electron chi connectivity index (χ3n) is 3.17. The molecule has 1 fully saturated rings. The smallest absolute Gasteiger partial charge is 0.326 e. The number of nitrogens with one attached hydrogen (secondary N) is 2. The largest absolute Gasteiger partial charge is 0.480 e. The fraction of sp³-hybridized carbons (Fsp3) is 0.833. The predicted octanol–water partition coefficient (Wildman–Crippen LogP) is 0.635. The monoisotopic (exact) mass is 257 g/mol. The molecule has 18 heavy (non-hydrogen) atoms. The molecule has 6 nitrogen and oxygen atoms in total. The van der Waals surface area contributed by atoms with E-state index in [0.29, 0.717) is 13.0 Å². The van der Waals surface area contributed by atoms with Crippen molar-refractivity contribution in [3.05, 3.63) is 0 Å². The normalized spacial score (nSPS) is 18.1. The van der Waals surface area contributed by atoms with E-state index >= 15 is 0 Å². The molecule has 1 saturated heterocycles. The Bertz CT molecular complexity index is 278. The van der Waals surface area contributed by atoms with Crippen molar-refractivity contribution in [1.82, 2.24) is 15.5 Å². The number of rotatable bonds is 6. The summed E-state index contributed by atoms with van der Waals surface area (Å²) < 4.78 is 0. The van der Waals surface area contributed by atoms with Crippen molar-refractivity contribution in [2.75, 3.05) is 26.2 Å². The van der Waals surface area contributed by atoms with Gasteiger partial charge in [-0.1, -0.05) is 13.3 Å². The van der Waals surface area contributed by atoms with E-state index in [1.54, 1.807) is 6.92 Å². The molecular formula is C12H23N3O3. The molecule has 1 rings (SSSR count). The van der Waals surface area contributed by atoms with Gasteiger partial charge in [0.05, 0.1) is 0 Å². The average molecular weight is 257 g/mol. The molecule has 0 bridgehead atoms. The van der Waals surface area contributed by atoms with E-state index in [-0.39, 0.29) is 0 Å². The van der Waals surface area contributed by atoms with E-state index < -0.39 is 18.0 Å². The number of hydrogen-bond donors (Lipinski definition) is 3. The lowest BCUT2D eigenvalue weighted by Gasteiger charge is -2.26. The first kappa shape index (κ1) is 14.8. The Morgan fingerprint density at radius 2 is 1.94 bits per heavy atom. The van der Waals surface area contributed by atoms with Crippen LogP contribution < -0.4 is 10.6 Å². The highest BCUT2D eigenvalue weighted by atomic mass is 16.4. The SMILES string of the molecule is CC[C@@H](NC(=O)NCCN1CCCCC1)C(=O)O. The van der Waals surface area contributed by atoms with Crippen LogP contribution >= 0.6 is 0 Å². The minimum Gasteiger partial charge on any atom is -0.480 e. The van der Waals surface area contributed by atoms with Crippen molar-refractivity contribution in [2.45, 2.75) is 38.6 Å². The van der Waals surface area contributed by atoms with Gasteiger partial charge in [-0.15, -0.1) is 0 Å². The second kappa shape index (κ2) is 7.92. The Morgan fingerprint density at radius 3 is 2.50 bits per heavy atom. The van der Waals surface area contributed by atoms with Gasteiger partial charge in [0.1, 0.15) is 6.04 Å². The van der Waals surface area contributed by atoms with Crippen LogP contribution in [-0.4, -0.2) is 54.2 Å². The number of carbonyl (C=O) groups is 2. The zero-order valence-electron chi connectivity index (χ0n) is 10.9. The van der Waals surface area contributed by atoms with Gasteiger partial charge in [-0.2, -0.15) is 0 Å². The Hall–Kier alpha value is -1.30. The maximum absolute atomic E-state index is 11.5. The number of piperidine rings is 1.